The third-order valence-electron chi connectivity index (χ3n) is 4.52. The number of nitrogens with zero attached hydrogens (tertiary/aromatic N) is 1. The van der Waals surface area contributed by atoms with Gasteiger partial charge in [-0.1, -0.05) is 41.6 Å². The SMILES string of the molecule is O=C(C=Cc1ccc(Sc2ccccc2Br)c(Cl)c1)NCCCN1CCCC1=O. The van der Waals surface area contributed by atoms with Crippen LogP contribution in [-0.4, -0.2) is 36.3 Å². The number of carbonyl (C=O) groups excluding carboxylic acids is 2. The van der Waals surface area contributed by atoms with E-state index < -0.39 is 0 Å². The molecule has 1 aliphatic heterocycles. The Morgan fingerprint density at radius 2 is 2.07 bits per heavy atom. The average molecular weight is 494 g/mol. The van der Waals surface area contributed by atoms with E-state index in [2.05, 4.69) is 21.2 Å². The smallest absolute Gasteiger partial charge is 0.244 e. The van der Waals surface area contributed by atoms with Crippen molar-refractivity contribution in [1.82, 2.24) is 10.2 Å². The van der Waals surface area contributed by atoms with Crippen molar-refractivity contribution >= 4 is 57.2 Å². The van der Waals surface area contributed by atoms with Crippen molar-refractivity contribution in [1.29, 1.82) is 0 Å². The molecule has 1 fully saturated rings. The maximum atomic E-state index is 12.0. The van der Waals surface area contributed by atoms with Crippen molar-refractivity contribution in [2.45, 2.75) is 29.1 Å². The van der Waals surface area contributed by atoms with Gasteiger partial charge in [-0.25, -0.2) is 0 Å². The lowest BCUT2D eigenvalue weighted by molar-refractivity contribution is -0.127. The first-order valence-electron chi connectivity index (χ1n) is 9.48. The lowest BCUT2D eigenvalue weighted by Gasteiger charge is -2.14. The van der Waals surface area contributed by atoms with Crippen molar-refractivity contribution in [2.24, 2.45) is 0 Å². The number of benzene rings is 2. The molecule has 152 valence electrons. The summed E-state index contributed by atoms with van der Waals surface area (Å²) in [4.78, 5) is 27.4. The van der Waals surface area contributed by atoms with Gasteiger partial charge in [0.2, 0.25) is 11.8 Å². The minimum absolute atomic E-state index is 0.152. The van der Waals surface area contributed by atoms with Crippen LogP contribution < -0.4 is 5.32 Å². The van der Waals surface area contributed by atoms with Crippen LogP contribution in [0.4, 0.5) is 0 Å². The summed E-state index contributed by atoms with van der Waals surface area (Å²) in [5.41, 5.74) is 0.865. The zero-order chi connectivity index (χ0) is 20.6. The Labute approximate surface area is 188 Å². The van der Waals surface area contributed by atoms with Crippen molar-refractivity contribution in [2.75, 3.05) is 19.6 Å². The van der Waals surface area contributed by atoms with Crippen LogP contribution >= 0.6 is 39.3 Å². The van der Waals surface area contributed by atoms with E-state index >= 15 is 0 Å². The first-order valence-corrected chi connectivity index (χ1v) is 11.5. The van der Waals surface area contributed by atoms with Gasteiger partial charge >= 0.3 is 0 Å². The lowest BCUT2D eigenvalue weighted by atomic mass is 10.2. The molecule has 0 bridgehead atoms. The van der Waals surface area contributed by atoms with Crippen molar-refractivity contribution in [3.63, 3.8) is 0 Å². The Hall–Kier alpha value is -1.76. The Morgan fingerprint density at radius 3 is 2.79 bits per heavy atom. The first kappa shape index (κ1) is 21.9. The fourth-order valence-electron chi connectivity index (χ4n) is 3.00. The maximum absolute atomic E-state index is 12.0. The van der Waals surface area contributed by atoms with Crippen LogP contribution in [0.5, 0.6) is 0 Å². The van der Waals surface area contributed by atoms with E-state index in [0.29, 0.717) is 24.5 Å². The molecule has 1 heterocycles. The van der Waals surface area contributed by atoms with E-state index in [-0.39, 0.29) is 11.8 Å². The minimum atomic E-state index is -0.152. The number of hydrogen-bond acceptors (Lipinski definition) is 3. The molecule has 1 N–H and O–H groups in total. The maximum Gasteiger partial charge on any atom is 0.244 e. The summed E-state index contributed by atoms with van der Waals surface area (Å²) in [6.45, 7) is 2.09. The van der Waals surface area contributed by atoms with E-state index in [0.717, 1.165) is 39.2 Å². The minimum Gasteiger partial charge on any atom is -0.352 e. The van der Waals surface area contributed by atoms with Crippen LogP contribution in [0.3, 0.4) is 0 Å². The normalized spacial score (nSPS) is 14.0. The van der Waals surface area contributed by atoms with Gasteiger partial charge in [-0.15, -0.1) is 0 Å². The third kappa shape index (κ3) is 6.63. The second-order valence-electron chi connectivity index (χ2n) is 6.68. The molecule has 2 amide bonds. The summed E-state index contributed by atoms with van der Waals surface area (Å²) in [6, 6.07) is 13.7. The number of amides is 2. The van der Waals surface area contributed by atoms with Gasteiger partial charge in [-0.2, -0.15) is 0 Å². The Balaban J connectivity index is 1.47. The highest BCUT2D eigenvalue weighted by molar-refractivity contribution is 9.10. The average Bonchev–Trinajstić information content (AvgIpc) is 3.12. The number of nitrogens with one attached hydrogen (secondary N) is 1. The molecular formula is C22H22BrClN2O2S. The predicted octanol–water partition coefficient (Wildman–Crippen LogP) is 5.40. The Bertz CT molecular complexity index is 919. The third-order valence-corrected chi connectivity index (χ3v) is 7.05. The molecule has 0 atom stereocenters. The van der Waals surface area contributed by atoms with E-state index in [1.165, 1.54) is 6.08 Å². The van der Waals surface area contributed by atoms with E-state index in [4.69, 9.17) is 11.6 Å². The van der Waals surface area contributed by atoms with Gasteiger partial charge in [0.1, 0.15) is 0 Å². The van der Waals surface area contributed by atoms with E-state index in [9.17, 15) is 9.59 Å². The molecule has 7 heteroatoms. The molecule has 0 unspecified atom stereocenters. The fourth-order valence-corrected chi connectivity index (χ4v) is 4.68. The van der Waals surface area contributed by atoms with Gasteiger partial charge in [0.05, 0.1) is 5.02 Å². The van der Waals surface area contributed by atoms with Crippen molar-refractivity contribution < 1.29 is 9.59 Å². The van der Waals surface area contributed by atoms with Gasteiger partial charge in [0, 0.05) is 46.4 Å². The van der Waals surface area contributed by atoms with Gasteiger partial charge < -0.3 is 10.2 Å². The molecule has 2 aromatic carbocycles. The van der Waals surface area contributed by atoms with Crippen LogP contribution in [-0.2, 0) is 9.59 Å². The molecular weight excluding hydrogens is 472 g/mol. The molecule has 0 aliphatic carbocycles. The van der Waals surface area contributed by atoms with Crippen LogP contribution in [0.25, 0.3) is 6.08 Å². The quantitative estimate of drug-likeness (QED) is 0.396. The lowest BCUT2D eigenvalue weighted by Crippen LogP contribution is -2.29. The zero-order valence-corrected chi connectivity index (χ0v) is 19.0. The van der Waals surface area contributed by atoms with Crippen LogP contribution in [0.2, 0.25) is 5.02 Å². The van der Waals surface area contributed by atoms with Crippen LogP contribution in [0.1, 0.15) is 24.8 Å². The summed E-state index contributed by atoms with van der Waals surface area (Å²) in [7, 11) is 0. The molecule has 0 aromatic heterocycles. The fraction of sp³-hybridized carbons (Fsp3) is 0.273. The highest BCUT2D eigenvalue weighted by atomic mass is 79.9. The summed E-state index contributed by atoms with van der Waals surface area (Å²) in [6.07, 6.45) is 5.61. The molecule has 1 aliphatic rings. The van der Waals surface area contributed by atoms with Crippen molar-refractivity contribution in [3.05, 3.63) is 63.6 Å². The van der Waals surface area contributed by atoms with Gasteiger partial charge in [-0.3, -0.25) is 9.59 Å². The molecule has 0 radical (unpaired) electrons. The van der Waals surface area contributed by atoms with Gasteiger partial charge in [0.15, 0.2) is 0 Å². The van der Waals surface area contributed by atoms with E-state index in [1.54, 1.807) is 17.8 Å². The molecule has 2 aromatic rings. The topological polar surface area (TPSA) is 49.4 Å². The summed E-state index contributed by atoms with van der Waals surface area (Å²) < 4.78 is 1.02. The Morgan fingerprint density at radius 1 is 1.24 bits per heavy atom. The second-order valence-corrected chi connectivity index (χ2v) is 9.03. The largest absolute Gasteiger partial charge is 0.352 e. The number of halogens is 2. The number of likely N-dealkylation sites (tertiary alicyclic amines) is 1. The number of rotatable bonds is 8. The van der Waals surface area contributed by atoms with E-state index in [1.807, 2.05) is 47.4 Å². The van der Waals surface area contributed by atoms with Gasteiger partial charge in [-0.05, 0) is 64.7 Å². The number of hydrogen-bond donors (Lipinski definition) is 1. The molecule has 3 rings (SSSR count). The highest BCUT2D eigenvalue weighted by Gasteiger charge is 2.18. The monoisotopic (exact) mass is 492 g/mol. The van der Waals surface area contributed by atoms with Crippen LogP contribution in [0, 0.1) is 0 Å². The summed E-state index contributed by atoms with van der Waals surface area (Å²) in [5.74, 6) is 0.0647. The highest BCUT2D eigenvalue weighted by Crippen LogP contribution is 2.37. The number of carbonyl (C=O) groups is 2. The van der Waals surface area contributed by atoms with Crippen LogP contribution in [0.15, 0.2) is 62.8 Å². The molecule has 1 saturated heterocycles. The molecule has 0 spiro atoms. The summed E-state index contributed by atoms with van der Waals surface area (Å²) in [5, 5.41) is 3.49. The molecule has 4 nitrogen and oxygen atoms in total. The first-order chi connectivity index (χ1) is 14.0. The standard InChI is InChI=1S/C22H22BrClN2O2S/c23-17-5-1-2-6-19(17)29-20-10-8-16(15-18(20)24)9-11-21(27)25-12-4-14-26-13-3-7-22(26)28/h1-2,5-6,8-11,15H,3-4,7,12-14H2,(H,25,27). The molecule has 29 heavy (non-hydrogen) atoms. The zero-order valence-electron chi connectivity index (χ0n) is 15.9. The predicted molar refractivity (Wildman–Crippen MR) is 122 cm³/mol. The Kier molecular flexibility index (Phi) is 8.21. The van der Waals surface area contributed by atoms with Gasteiger partial charge in [0.25, 0.3) is 0 Å². The second kappa shape index (κ2) is 10.9. The summed E-state index contributed by atoms with van der Waals surface area (Å²) >= 11 is 11.6. The van der Waals surface area contributed by atoms with Crippen molar-refractivity contribution in [3.8, 4) is 0 Å². The molecule has 0 saturated carbocycles.